The fraction of sp³-hybridized carbons (Fsp3) is 0.391. The molecule has 7 heteroatoms. The molecule has 0 aliphatic carbocycles. The predicted octanol–water partition coefficient (Wildman–Crippen LogP) is 2.83. The van der Waals surface area contributed by atoms with E-state index in [-0.39, 0.29) is 11.9 Å². The molecule has 0 unspecified atom stereocenters. The number of nitrogens with zero attached hydrogens (tertiary/aromatic N) is 5. The summed E-state index contributed by atoms with van der Waals surface area (Å²) in [7, 11) is 0. The molecule has 2 fully saturated rings. The van der Waals surface area contributed by atoms with Crippen LogP contribution in [0.5, 0.6) is 0 Å². The second kappa shape index (κ2) is 7.65. The third-order valence-corrected chi connectivity index (χ3v) is 6.61. The molecule has 3 atom stereocenters. The van der Waals surface area contributed by atoms with Gasteiger partial charge in [0.15, 0.2) is 0 Å². The zero-order chi connectivity index (χ0) is 20.7. The van der Waals surface area contributed by atoms with Crippen molar-refractivity contribution in [1.29, 1.82) is 0 Å². The SMILES string of the molecule is CC(=O)N1C[C@H]2CN(Cc3ccc(-c4nn[nH]n4)cc3)C[C@H]2[C@@H]1c1ccccc1C. The number of aryl methyl sites for hydroxylation is 1. The molecule has 30 heavy (non-hydrogen) atoms. The number of aromatic nitrogens is 4. The first-order valence-electron chi connectivity index (χ1n) is 10.5. The lowest BCUT2D eigenvalue weighted by atomic mass is 9.87. The Morgan fingerprint density at radius 1 is 1.10 bits per heavy atom. The Labute approximate surface area is 176 Å². The van der Waals surface area contributed by atoms with Crippen molar-refractivity contribution in [2.45, 2.75) is 26.4 Å². The smallest absolute Gasteiger partial charge is 0.219 e. The highest BCUT2D eigenvalue weighted by molar-refractivity contribution is 5.74. The molecule has 5 rings (SSSR count). The van der Waals surface area contributed by atoms with Gasteiger partial charge >= 0.3 is 0 Å². The highest BCUT2D eigenvalue weighted by Crippen LogP contribution is 2.46. The fourth-order valence-corrected chi connectivity index (χ4v) is 5.21. The number of rotatable bonds is 4. The van der Waals surface area contributed by atoms with Crippen LogP contribution in [0.4, 0.5) is 0 Å². The molecule has 3 aromatic rings. The Morgan fingerprint density at radius 3 is 2.60 bits per heavy atom. The van der Waals surface area contributed by atoms with Gasteiger partial charge in [0.1, 0.15) is 0 Å². The van der Waals surface area contributed by atoms with Gasteiger partial charge in [-0.1, -0.05) is 48.5 Å². The van der Waals surface area contributed by atoms with Crippen LogP contribution in [0.3, 0.4) is 0 Å². The van der Waals surface area contributed by atoms with Gasteiger partial charge < -0.3 is 4.90 Å². The average molecular weight is 403 g/mol. The van der Waals surface area contributed by atoms with Crippen molar-refractivity contribution in [1.82, 2.24) is 30.4 Å². The van der Waals surface area contributed by atoms with Gasteiger partial charge in [0, 0.05) is 44.6 Å². The normalized spacial score (nSPS) is 23.7. The molecule has 3 heterocycles. The van der Waals surface area contributed by atoms with Crippen molar-refractivity contribution < 1.29 is 4.79 Å². The van der Waals surface area contributed by atoms with Crippen molar-refractivity contribution in [2.75, 3.05) is 19.6 Å². The summed E-state index contributed by atoms with van der Waals surface area (Å²) in [4.78, 5) is 17.0. The van der Waals surface area contributed by atoms with Crippen LogP contribution in [0.1, 0.15) is 29.7 Å². The van der Waals surface area contributed by atoms with E-state index in [1.54, 1.807) is 6.92 Å². The summed E-state index contributed by atoms with van der Waals surface area (Å²) >= 11 is 0. The Balaban J connectivity index is 1.32. The maximum absolute atomic E-state index is 12.4. The van der Waals surface area contributed by atoms with Crippen LogP contribution in [0, 0.1) is 18.8 Å². The van der Waals surface area contributed by atoms with E-state index in [0.29, 0.717) is 17.7 Å². The van der Waals surface area contributed by atoms with Crippen LogP contribution >= 0.6 is 0 Å². The monoisotopic (exact) mass is 402 g/mol. The summed E-state index contributed by atoms with van der Waals surface area (Å²) in [6.07, 6.45) is 0. The maximum atomic E-state index is 12.4. The van der Waals surface area contributed by atoms with Crippen molar-refractivity contribution >= 4 is 5.91 Å². The topological polar surface area (TPSA) is 78.0 Å². The minimum absolute atomic E-state index is 0.180. The predicted molar refractivity (Wildman–Crippen MR) is 113 cm³/mol. The first-order chi connectivity index (χ1) is 14.6. The summed E-state index contributed by atoms with van der Waals surface area (Å²) in [5.74, 6) is 1.80. The van der Waals surface area contributed by atoms with Crippen molar-refractivity contribution in [3.63, 3.8) is 0 Å². The third kappa shape index (κ3) is 3.39. The maximum Gasteiger partial charge on any atom is 0.219 e. The number of carbonyl (C=O) groups excluding carboxylic acids is 1. The van der Waals surface area contributed by atoms with Gasteiger partial charge in [-0.15, -0.1) is 10.2 Å². The number of hydrogen-bond acceptors (Lipinski definition) is 5. The lowest BCUT2D eigenvalue weighted by Crippen LogP contribution is -2.34. The summed E-state index contributed by atoms with van der Waals surface area (Å²) < 4.78 is 0. The van der Waals surface area contributed by atoms with E-state index in [0.717, 1.165) is 31.7 Å². The van der Waals surface area contributed by atoms with Crippen LogP contribution in [-0.4, -0.2) is 56.0 Å². The van der Waals surface area contributed by atoms with Crippen molar-refractivity contribution in [3.05, 3.63) is 65.2 Å². The number of amides is 1. The van der Waals surface area contributed by atoms with Gasteiger partial charge in [-0.05, 0) is 34.7 Å². The van der Waals surface area contributed by atoms with Gasteiger partial charge in [0.25, 0.3) is 0 Å². The molecular weight excluding hydrogens is 376 g/mol. The molecule has 0 saturated carbocycles. The summed E-state index contributed by atoms with van der Waals surface area (Å²) in [6, 6.07) is 17.1. The number of fused-ring (bicyclic) bond motifs is 1. The standard InChI is InChI=1S/C23H26N6O/c1-15-5-3-4-6-20(15)22-21-14-28(12-19(21)13-29(22)16(2)30)11-17-7-9-18(10-8-17)23-24-26-27-25-23/h3-10,19,21-22H,11-14H2,1-2H3,(H,24,25,26,27)/t19-,21-,22+/m1/s1. The van der Waals surface area contributed by atoms with Crippen LogP contribution in [0.2, 0.25) is 0 Å². The molecule has 7 nitrogen and oxygen atoms in total. The second-order valence-corrected chi connectivity index (χ2v) is 8.52. The molecule has 2 saturated heterocycles. The van der Waals surface area contributed by atoms with Crippen molar-refractivity contribution in [2.24, 2.45) is 11.8 Å². The Morgan fingerprint density at radius 2 is 1.90 bits per heavy atom. The molecule has 1 aromatic heterocycles. The summed E-state index contributed by atoms with van der Waals surface area (Å²) in [5, 5.41) is 14.2. The molecule has 0 spiro atoms. The number of H-pyrrole nitrogens is 1. The quantitative estimate of drug-likeness (QED) is 0.726. The molecule has 154 valence electrons. The first kappa shape index (κ1) is 18.9. The number of likely N-dealkylation sites (tertiary alicyclic amines) is 2. The summed E-state index contributed by atoms with van der Waals surface area (Å²) in [6.45, 7) is 7.67. The van der Waals surface area contributed by atoms with Gasteiger partial charge in [-0.25, -0.2) is 0 Å². The van der Waals surface area contributed by atoms with Crippen LogP contribution in [0.25, 0.3) is 11.4 Å². The van der Waals surface area contributed by atoms with Gasteiger partial charge in [0.05, 0.1) is 6.04 Å². The highest BCUT2D eigenvalue weighted by Gasteiger charge is 2.48. The molecule has 2 aliphatic rings. The van der Waals surface area contributed by atoms with Gasteiger partial charge in [-0.2, -0.15) is 5.21 Å². The lowest BCUT2D eigenvalue weighted by molar-refractivity contribution is -0.130. The number of benzene rings is 2. The average Bonchev–Trinajstić information content (AvgIpc) is 3.45. The third-order valence-electron chi connectivity index (χ3n) is 6.61. The van der Waals surface area contributed by atoms with E-state index in [9.17, 15) is 4.79 Å². The van der Waals surface area contributed by atoms with Crippen LogP contribution < -0.4 is 0 Å². The largest absolute Gasteiger partial charge is 0.335 e. The lowest BCUT2D eigenvalue weighted by Gasteiger charge is -2.30. The Kier molecular flexibility index (Phi) is 4.83. The highest BCUT2D eigenvalue weighted by atomic mass is 16.2. The number of tetrazole rings is 1. The molecule has 1 N–H and O–H groups in total. The van der Waals surface area contributed by atoms with E-state index < -0.39 is 0 Å². The zero-order valence-electron chi connectivity index (χ0n) is 17.3. The van der Waals surface area contributed by atoms with E-state index in [4.69, 9.17) is 0 Å². The molecule has 1 amide bonds. The first-order valence-corrected chi connectivity index (χ1v) is 10.5. The fourth-order valence-electron chi connectivity index (χ4n) is 5.21. The Hall–Kier alpha value is -3.06. The van der Waals surface area contributed by atoms with E-state index in [1.807, 2.05) is 12.1 Å². The van der Waals surface area contributed by atoms with Crippen LogP contribution in [-0.2, 0) is 11.3 Å². The number of nitrogens with one attached hydrogen (secondary N) is 1. The van der Waals surface area contributed by atoms with E-state index >= 15 is 0 Å². The molecule has 0 bridgehead atoms. The minimum atomic E-state index is 0.180. The minimum Gasteiger partial charge on any atom is -0.335 e. The number of aromatic amines is 1. The zero-order valence-corrected chi connectivity index (χ0v) is 17.3. The van der Waals surface area contributed by atoms with Crippen molar-refractivity contribution in [3.8, 4) is 11.4 Å². The molecule has 2 aliphatic heterocycles. The second-order valence-electron chi connectivity index (χ2n) is 8.52. The molecule has 0 radical (unpaired) electrons. The summed E-state index contributed by atoms with van der Waals surface area (Å²) in [5.41, 5.74) is 4.80. The number of hydrogen-bond donors (Lipinski definition) is 1. The van der Waals surface area contributed by atoms with E-state index in [1.165, 1.54) is 16.7 Å². The molecule has 2 aromatic carbocycles. The van der Waals surface area contributed by atoms with Crippen LogP contribution in [0.15, 0.2) is 48.5 Å². The Bertz CT molecular complexity index is 1030. The van der Waals surface area contributed by atoms with E-state index in [2.05, 4.69) is 73.7 Å². The molecular formula is C23H26N6O. The van der Waals surface area contributed by atoms with Gasteiger partial charge in [-0.3, -0.25) is 9.69 Å². The number of carbonyl (C=O) groups is 1. The van der Waals surface area contributed by atoms with Gasteiger partial charge in [0.2, 0.25) is 11.7 Å².